The van der Waals surface area contributed by atoms with Crippen molar-refractivity contribution in [2.45, 2.75) is 52.0 Å². The van der Waals surface area contributed by atoms with E-state index in [-0.39, 0.29) is 12.1 Å². The Hall–Kier alpha value is -1.26. The molecule has 1 saturated carbocycles. The Morgan fingerprint density at radius 3 is 2.45 bits per heavy atom. The second-order valence-electron chi connectivity index (χ2n) is 6.40. The van der Waals surface area contributed by atoms with E-state index in [1.54, 1.807) is 13.8 Å². The van der Waals surface area contributed by atoms with Crippen LogP contribution in [0.5, 0.6) is 0 Å². The van der Waals surface area contributed by atoms with Gasteiger partial charge >= 0.3 is 12.0 Å². The van der Waals surface area contributed by atoms with Crippen molar-refractivity contribution in [1.29, 1.82) is 0 Å². The zero-order chi connectivity index (χ0) is 14.7. The van der Waals surface area contributed by atoms with Gasteiger partial charge in [0.15, 0.2) is 0 Å². The first-order valence-electron chi connectivity index (χ1n) is 7.77. The summed E-state index contributed by atoms with van der Waals surface area (Å²) in [5.41, 5.74) is 0. The lowest BCUT2D eigenvalue weighted by Crippen LogP contribution is -2.52. The second kappa shape index (κ2) is 6.46. The molecule has 0 aromatic rings. The van der Waals surface area contributed by atoms with Crippen molar-refractivity contribution in [2.24, 2.45) is 17.8 Å². The minimum atomic E-state index is -0.871. The first kappa shape index (κ1) is 15.1. The quantitative estimate of drug-likeness (QED) is 0.834. The van der Waals surface area contributed by atoms with Crippen molar-refractivity contribution < 1.29 is 14.7 Å². The lowest BCUT2D eigenvalue weighted by molar-refractivity contribution is -0.141. The summed E-state index contributed by atoms with van der Waals surface area (Å²) in [6.45, 7) is 5.02. The standard InChI is InChI=1S/C15H26N2O3/c1-10(14(18)19)11(2)16-15(20)17-8-7-12-5-3-4-6-13(12)9-17/h10-13H,3-9H2,1-2H3,(H,16,20)(H,18,19). The molecule has 0 aromatic carbocycles. The maximum absolute atomic E-state index is 12.2. The van der Waals surface area contributed by atoms with E-state index < -0.39 is 11.9 Å². The molecular formula is C15H26N2O3. The van der Waals surface area contributed by atoms with E-state index in [2.05, 4.69) is 5.32 Å². The number of urea groups is 1. The van der Waals surface area contributed by atoms with E-state index in [1.807, 2.05) is 4.90 Å². The van der Waals surface area contributed by atoms with Crippen molar-refractivity contribution >= 4 is 12.0 Å². The number of carboxylic acids is 1. The molecule has 2 aliphatic rings. The highest BCUT2D eigenvalue weighted by atomic mass is 16.4. The van der Waals surface area contributed by atoms with E-state index in [4.69, 9.17) is 5.11 Å². The first-order chi connectivity index (χ1) is 9.49. The van der Waals surface area contributed by atoms with Crippen LogP contribution in [-0.2, 0) is 4.79 Å². The minimum absolute atomic E-state index is 0.102. The van der Waals surface area contributed by atoms with Gasteiger partial charge in [-0.15, -0.1) is 0 Å². The van der Waals surface area contributed by atoms with Crippen LogP contribution in [0.1, 0.15) is 46.0 Å². The molecule has 5 heteroatoms. The molecule has 2 amide bonds. The number of hydrogen-bond acceptors (Lipinski definition) is 2. The molecule has 5 nitrogen and oxygen atoms in total. The van der Waals surface area contributed by atoms with Crippen LogP contribution in [0.25, 0.3) is 0 Å². The molecule has 0 spiro atoms. The Balaban J connectivity index is 1.85. The number of nitrogens with one attached hydrogen (secondary N) is 1. The average molecular weight is 282 g/mol. The van der Waals surface area contributed by atoms with Gasteiger partial charge in [0.2, 0.25) is 0 Å². The molecule has 0 radical (unpaired) electrons. The van der Waals surface area contributed by atoms with Crippen molar-refractivity contribution in [2.75, 3.05) is 13.1 Å². The van der Waals surface area contributed by atoms with Crippen LogP contribution in [0.3, 0.4) is 0 Å². The third-order valence-electron chi connectivity index (χ3n) is 5.07. The highest BCUT2D eigenvalue weighted by molar-refractivity contribution is 5.76. The molecule has 20 heavy (non-hydrogen) atoms. The van der Waals surface area contributed by atoms with Crippen LogP contribution in [0, 0.1) is 17.8 Å². The summed E-state index contributed by atoms with van der Waals surface area (Å²) in [6.07, 6.45) is 6.26. The van der Waals surface area contributed by atoms with Gasteiger partial charge in [0.05, 0.1) is 5.92 Å². The van der Waals surface area contributed by atoms with Gasteiger partial charge in [-0.1, -0.05) is 19.3 Å². The third-order valence-corrected chi connectivity index (χ3v) is 5.07. The predicted octanol–water partition coefficient (Wildman–Crippen LogP) is 2.32. The molecule has 1 aliphatic carbocycles. The number of aliphatic carboxylic acids is 1. The molecule has 2 N–H and O–H groups in total. The fraction of sp³-hybridized carbons (Fsp3) is 0.867. The summed E-state index contributed by atoms with van der Waals surface area (Å²) in [6, 6.07) is -0.446. The normalized spacial score (nSPS) is 29.2. The van der Waals surface area contributed by atoms with Gasteiger partial charge in [0, 0.05) is 19.1 Å². The molecule has 4 unspecified atom stereocenters. The number of carboxylic acid groups (broad SMARTS) is 1. The van der Waals surface area contributed by atoms with Crippen molar-refractivity contribution in [3.05, 3.63) is 0 Å². The third kappa shape index (κ3) is 3.44. The Labute approximate surface area is 120 Å². The molecule has 2 fully saturated rings. The summed E-state index contributed by atoms with van der Waals surface area (Å²) in [7, 11) is 0. The number of carbonyl (C=O) groups is 2. The highest BCUT2D eigenvalue weighted by Gasteiger charge is 2.33. The lowest BCUT2D eigenvalue weighted by Gasteiger charge is -2.41. The number of hydrogen-bond donors (Lipinski definition) is 2. The van der Waals surface area contributed by atoms with Crippen molar-refractivity contribution in [3.8, 4) is 0 Å². The molecule has 1 aliphatic heterocycles. The Kier molecular flexibility index (Phi) is 4.89. The maximum atomic E-state index is 12.2. The number of amides is 2. The number of fused-ring (bicyclic) bond motifs is 1. The average Bonchev–Trinajstić information content (AvgIpc) is 2.45. The lowest BCUT2D eigenvalue weighted by atomic mass is 9.75. The molecule has 1 heterocycles. The topological polar surface area (TPSA) is 69.6 Å². The van der Waals surface area contributed by atoms with E-state index in [9.17, 15) is 9.59 Å². The SMILES string of the molecule is CC(NC(=O)N1CCC2CCCCC2C1)C(C)C(=O)O. The number of nitrogens with zero attached hydrogens (tertiary/aromatic N) is 1. The van der Waals surface area contributed by atoms with Crippen molar-refractivity contribution in [1.82, 2.24) is 10.2 Å². The number of piperidine rings is 1. The van der Waals surface area contributed by atoms with Crippen LogP contribution in [0.2, 0.25) is 0 Å². The van der Waals surface area contributed by atoms with Gasteiger partial charge in [0.25, 0.3) is 0 Å². The summed E-state index contributed by atoms with van der Waals surface area (Å²) in [5.74, 6) is 0.00794. The number of likely N-dealkylation sites (tertiary alicyclic amines) is 1. The van der Waals surface area contributed by atoms with Crippen molar-refractivity contribution in [3.63, 3.8) is 0 Å². The smallest absolute Gasteiger partial charge is 0.317 e. The van der Waals surface area contributed by atoms with Crippen LogP contribution in [0.4, 0.5) is 4.79 Å². The minimum Gasteiger partial charge on any atom is -0.481 e. The van der Waals surface area contributed by atoms with Gasteiger partial charge in [-0.2, -0.15) is 0 Å². The largest absolute Gasteiger partial charge is 0.481 e. The molecule has 1 saturated heterocycles. The fourth-order valence-corrected chi connectivity index (χ4v) is 3.41. The fourth-order valence-electron chi connectivity index (χ4n) is 3.41. The Morgan fingerprint density at radius 2 is 1.80 bits per heavy atom. The first-order valence-corrected chi connectivity index (χ1v) is 7.77. The molecule has 114 valence electrons. The summed E-state index contributed by atoms with van der Waals surface area (Å²) >= 11 is 0. The molecule has 4 atom stereocenters. The molecule has 2 rings (SSSR count). The molecule has 0 bridgehead atoms. The number of rotatable bonds is 3. The van der Waals surface area contributed by atoms with Crippen LogP contribution in [-0.4, -0.2) is 41.1 Å². The van der Waals surface area contributed by atoms with Gasteiger partial charge in [-0.3, -0.25) is 4.79 Å². The Bertz CT molecular complexity index is 372. The van der Waals surface area contributed by atoms with Crippen LogP contribution in [0.15, 0.2) is 0 Å². The zero-order valence-corrected chi connectivity index (χ0v) is 12.5. The molecular weight excluding hydrogens is 256 g/mol. The second-order valence-corrected chi connectivity index (χ2v) is 6.40. The van der Waals surface area contributed by atoms with Gasteiger partial charge in [0.1, 0.15) is 0 Å². The predicted molar refractivity (Wildman–Crippen MR) is 76.4 cm³/mol. The maximum Gasteiger partial charge on any atom is 0.317 e. The summed E-state index contributed by atoms with van der Waals surface area (Å²) in [5, 5.41) is 11.8. The van der Waals surface area contributed by atoms with Gasteiger partial charge in [-0.05, 0) is 38.5 Å². The Morgan fingerprint density at radius 1 is 1.15 bits per heavy atom. The van der Waals surface area contributed by atoms with Crippen LogP contribution < -0.4 is 5.32 Å². The monoisotopic (exact) mass is 282 g/mol. The van der Waals surface area contributed by atoms with Gasteiger partial charge < -0.3 is 15.3 Å². The van der Waals surface area contributed by atoms with E-state index in [0.717, 1.165) is 25.4 Å². The zero-order valence-electron chi connectivity index (χ0n) is 12.5. The highest BCUT2D eigenvalue weighted by Crippen LogP contribution is 2.35. The van der Waals surface area contributed by atoms with E-state index in [1.165, 1.54) is 25.7 Å². The number of carbonyl (C=O) groups excluding carboxylic acids is 1. The summed E-state index contributed by atoms with van der Waals surface area (Å²) in [4.78, 5) is 25.0. The molecule has 0 aromatic heterocycles. The van der Waals surface area contributed by atoms with E-state index >= 15 is 0 Å². The van der Waals surface area contributed by atoms with Crippen LogP contribution >= 0.6 is 0 Å². The van der Waals surface area contributed by atoms with E-state index in [0.29, 0.717) is 5.92 Å². The summed E-state index contributed by atoms with van der Waals surface area (Å²) < 4.78 is 0. The van der Waals surface area contributed by atoms with Gasteiger partial charge in [-0.25, -0.2) is 4.79 Å².